The number of aromatic amines is 1. The van der Waals surface area contributed by atoms with Crippen LogP contribution in [0.1, 0.15) is 62.3 Å². The number of H-pyrrole nitrogens is 1. The van der Waals surface area contributed by atoms with Gasteiger partial charge in [0.25, 0.3) is 5.91 Å². The Kier molecular flexibility index (Phi) is 5.17. The Balaban J connectivity index is 1.54. The number of amides is 1. The van der Waals surface area contributed by atoms with Crippen LogP contribution in [-0.2, 0) is 17.6 Å². The van der Waals surface area contributed by atoms with Crippen LogP contribution in [0.15, 0.2) is 42.5 Å². The van der Waals surface area contributed by atoms with Gasteiger partial charge in [-0.1, -0.05) is 18.2 Å². The lowest BCUT2D eigenvalue weighted by Gasteiger charge is -2.17. The summed E-state index contributed by atoms with van der Waals surface area (Å²) in [4.78, 5) is 35.3. The van der Waals surface area contributed by atoms with Crippen molar-refractivity contribution >= 4 is 17.6 Å². The van der Waals surface area contributed by atoms with E-state index in [1.54, 1.807) is 24.1 Å². The second-order valence-corrected chi connectivity index (χ2v) is 8.22. The van der Waals surface area contributed by atoms with Crippen LogP contribution in [0.4, 0.5) is 5.69 Å². The molecule has 0 radical (unpaired) electrons. The second-order valence-electron chi connectivity index (χ2n) is 8.22. The number of aromatic nitrogens is 2. The third kappa shape index (κ3) is 3.43. The fraction of sp³-hybridized carbons (Fsp3) is 0.320. The fourth-order valence-corrected chi connectivity index (χ4v) is 4.69. The maximum atomic E-state index is 13.6. The van der Waals surface area contributed by atoms with E-state index in [0.717, 1.165) is 53.9 Å². The largest absolute Gasteiger partial charge is 0.497 e. The summed E-state index contributed by atoms with van der Waals surface area (Å²) in [6.45, 7) is 0.469. The van der Waals surface area contributed by atoms with Crippen molar-refractivity contribution in [2.45, 2.75) is 31.6 Å². The number of hydrogen-bond donors (Lipinski definition) is 1. The first kappa shape index (κ1) is 20.3. The number of ether oxygens (including phenoxy) is 2. The minimum atomic E-state index is -0.429. The summed E-state index contributed by atoms with van der Waals surface area (Å²) < 4.78 is 10.2. The molecule has 164 valence electrons. The Bertz CT molecular complexity index is 1160. The average Bonchev–Trinajstić information content (AvgIpc) is 3.44. The molecule has 32 heavy (non-hydrogen) atoms. The number of hydrogen-bond acceptors (Lipinski definition) is 5. The SMILES string of the molecule is COC(=O)c1ccc2c(c1)N(C(=O)c1nc3c([nH]1)CCCC3)CC2c1ccc(OC)cc1. The maximum Gasteiger partial charge on any atom is 0.337 e. The molecular weight excluding hydrogens is 406 g/mol. The number of benzene rings is 2. The first-order valence-corrected chi connectivity index (χ1v) is 10.8. The number of aryl methyl sites for hydroxylation is 2. The molecule has 1 aliphatic heterocycles. The number of fused-ring (bicyclic) bond motifs is 2. The standard InChI is InChI=1S/C25H25N3O4/c1-31-17-10-7-15(8-11-17)19-14-28(22-13-16(25(30)32-2)9-12-18(19)22)24(29)23-26-20-5-3-4-6-21(20)27-23/h7-13,19H,3-6,14H2,1-2H3,(H,26,27). The van der Waals surface area contributed by atoms with E-state index in [-0.39, 0.29) is 11.8 Å². The molecule has 7 heteroatoms. The summed E-state index contributed by atoms with van der Waals surface area (Å²) in [7, 11) is 2.99. The van der Waals surface area contributed by atoms with Crippen molar-refractivity contribution in [3.8, 4) is 5.75 Å². The lowest BCUT2D eigenvalue weighted by molar-refractivity contribution is 0.0600. The predicted molar refractivity (Wildman–Crippen MR) is 120 cm³/mol. The molecule has 1 aromatic heterocycles. The van der Waals surface area contributed by atoms with Crippen LogP contribution in [-0.4, -0.2) is 42.6 Å². The van der Waals surface area contributed by atoms with Gasteiger partial charge in [0.05, 0.1) is 25.5 Å². The van der Waals surface area contributed by atoms with Crippen LogP contribution in [0, 0.1) is 0 Å². The molecular formula is C25H25N3O4. The molecule has 1 unspecified atom stereocenters. The predicted octanol–water partition coefficient (Wildman–Crippen LogP) is 3.88. The third-order valence-corrected chi connectivity index (χ3v) is 6.40. The van der Waals surface area contributed by atoms with Crippen LogP contribution in [0.5, 0.6) is 5.75 Å². The third-order valence-electron chi connectivity index (χ3n) is 6.40. The minimum absolute atomic E-state index is 0.0175. The van der Waals surface area contributed by atoms with Crippen LogP contribution in [0.3, 0.4) is 0 Å². The number of nitrogens with one attached hydrogen (secondary N) is 1. The van der Waals surface area contributed by atoms with Crippen LogP contribution >= 0.6 is 0 Å². The zero-order valence-corrected chi connectivity index (χ0v) is 18.2. The van der Waals surface area contributed by atoms with E-state index >= 15 is 0 Å². The number of carbonyl (C=O) groups is 2. The fourth-order valence-electron chi connectivity index (χ4n) is 4.69. The smallest absolute Gasteiger partial charge is 0.337 e. The molecule has 0 spiro atoms. The lowest BCUT2D eigenvalue weighted by atomic mass is 9.92. The molecule has 1 atom stereocenters. The van der Waals surface area contributed by atoms with Crippen molar-refractivity contribution in [1.82, 2.24) is 9.97 Å². The van der Waals surface area contributed by atoms with Crippen molar-refractivity contribution in [3.05, 3.63) is 76.4 Å². The zero-order valence-electron chi connectivity index (χ0n) is 18.2. The van der Waals surface area contributed by atoms with Gasteiger partial charge < -0.3 is 19.4 Å². The highest BCUT2D eigenvalue weighted by Crippen LogP contribution is 2.41. The molecule has 0 saturated heterocycles. The number of esters is 1. The molecule has 0 bridgehead atoms. The van der Waals surface area contributed by atoms with E-state index < -0.39 is 5.97 Å². The van der Waals surface area contributed by atoms with Gasteiger partial charge in [-0.3, -0.25) is 4.79 Å². The molecule has 1 amide bonds. The second kappa shape index (κ2) is 8.15. The van der Waals surface area contributed by atoms with Crippen LogP contribution in [0.2, 0.25) is 0 Å². The van der Waals surface area contributed by atoms with E-state index in [9.17, 15) is 9.59 Å². The Hall–Kier alpha value is -3.61. The molecule has 3 aromatic rings. The highest BCUT2D eigenvalue weighted by Gasteiger charge is 2.36. The van der Waals surface area contributed by atoms with Gasteiger partial charge in [-0.25, -0.2) is 9.78 Å². The Labute approximate surface area is 186 Å². The van der Waals surface area contributed by atoms with Crippen molar-refractivity contribution < 1.29 is 19.1 Å². The summed E-state index contributed by atoms with van der Waals surface area (Å²) in [5.74, 6) is 0.514. The van der Waals surface area contributed by atoms with Gasteiger partial charge in [-0.05, 0) is 61.1 Å². The van der Waals surface area contributed by atoms with Gasteiger partial charge in [0.15, 0.2) is 5.82 Å². The van der Waals surface area contributed by atoms with Crippen molar-refractivity contribution in [2.24, 2.45) is 0 Å². The first-order chi connectivity index (χ1) is 15.6. The molecule has 5 rings (SSSR count). The number of nitrogens with zero attached hydrogens (tertiary/aromatic N) is 2. The topological polar surface area (TPSA) is 84.5 Å². The monoisotopic (exact) mass is 431 g/mol. The normalized spacial score (nSPS) is 16.9. The zero-order chi connectivity index (χ0) is 22.2. The summed E-state index contributed by atoms with van der Waals surface area (Å²) in [6, 6.07) is 13.3. The number of carbonyl (C=O) groups excluding carboxylic acids is 2. The quantitative estimate of drug-likeness (QED) is 0.634. The Morgan fingerprint density at radius 1 is 1.06 bits per heavy atom. The molecule has 2 aromatic carbocycles. The molecule has 0 saturated carbocycles. The molecule has 7 nitrogen and oxygen atoms in total. The summed E-state index contributed by atoms with van der Waals surface area (Å²) in [5, 5.41) is 0. The number of methoxy groups -OCH3 is 2. The highest BCUT2D eigenvalue weighted by atomic mass is 16.5. The van der Waals surface area contributed by atoms with E-state index in [1.165, 1.54) is 7.11 Å². The molecule has 1 aliphatic carbocycles. The molecule has 2 aliphatic rings. The molecule has 1 N–H and O–H groups in total. The molecule has 0 fully saturated rings. The summed E-state index contributed by atoms with van der Waals surface area (Å²) in [6.07, 6.45) is 4.03. The van der Waals surface area contributed by atoms with E-state index in [1.807, 2.05) is 30.3 Å². The number of rotatable bonds is 4. The lowest BCUT2D eigenvalue weighted by Crippen LogP contribution is -2.31. The average molecular weight is 431 g/mol. The van der Waals surface area contributed by atoms with Gasteiger partial charge in [0.1, 0.15) is 5.75 Å². The number of imidazole rings is 1. The Morgan fingerprint density at radius 2 is 1.84 bits per heavy atom. The van der Waals surface area contributed by atoms with Crippen LogP contribution in [0.25, 0.3) is 0 Å². The van der Waals surface area contributed by atoms with Gasteiger partial charge in [-0.15, -0.1) is 0 Å². The van der Waals surface area contributed by atoms with Gasteiger partial charge in [0, 0.05) is 23.8 Å². The van der Waals surface area contributed by atoms with E-state index in [0.29, 0.717) is 23.6 Å². The summed E-state index contributed by atoms with van der Waals surface area (Å²) in [5.41, 5.74) is 5.26. The van der Waals surface area contributed by atoms with Gasteiger partial charge >= 0.3 is 5.97 Å². The van der Waals surface area contributed by atoms with Crippen LogP contribution < -0.4 is 9.64 Å². The first-order valence-electron chi connectivity index (χ1n) is 10.8. The van der Waals surface area contributed by atoms with Crippen molar-refractivity contribution in [2.75, 3.05) is 25.7 Å². The van der Waals surface area contributed by atoms with Crippen molar-refractivity contribution in [1.29, 1.82) is 0 Å². The Morgan fingerprint density at radius 3 is 2.56 bits per heavy atom. The van der Waals surface area contributed by atoms with Crippen molar-refractivity contribution in [3.63, 3.8) is 0 Å². The summed E-state index contributed by atoms with van der Waals surface area (Å²) >= 11 is 0. The van der Waals surface area contributed by atoms with E-state index in [2.05, 4.69) is 9.97 Å². The molecule has 2 heterocycles. The number of anilines is 1. The maximum absolute atomic E-state index is 13.6. The minimum Gasteiger partial charge on any atom is -0.497 e. The van der Waals surface area contributed by atoms with E-state index in [4.69, 9.17) is 9.47 Å². The van der Waals surface area contributed by atoms with Gasteiger partial charge in [0.2, 0.25) is 0 Å². The highest BCUT2D eigenvalue weighted by molar-refractivity contribution is 6.06. The van der Waals surface area contributed by atoms with Gasteiger partial charge in [-0.2, -0.15) is 0 Å².